The zero-order chi connectivity index (χ0) is 27.2. The summed E-state index contributed by atoms with van der Waals surface area (Å²) in [7, 11) is 0. The number of hydrogen-bond acceptors (Lipinski definition) is 5. The summed E-state index contributed by atoms with van der Waals surface area (Å²) >= 11 is 0. The first-order chi connectivity index (χ1) is 17.3. The molecule has 1 fully saturated rings. The summed E-state index contributed by atoms with van der Waals surface area (Å²) in [6, 6.07) is 8.09. The SMILES string of the molecule is CC(C)(C)OC(=O)NC1CCC(C(=O)NCCNC(=O)c2cn(-c3ccccc3)nc2C(F)(F)F)CC1. The number of hydrogen-bond donors (Lipinski definition) is 3. The van der Waals surface area contributed by atoms with Crippen molar-refractivity contribution in [2.75, 3.05) is 13.1 Å². The molecule has 0 atom stereocenters. The lowest BCUT2D eigenvalue weighted by Gasteiger charge is -2.29. The summed E-state index contributed by atoms with van der Waals surface area (Å²) in [6.45, 7) is 5.36. The van der Waals surface area contributed by atoms with Crippen LogP contribution in [0.2, 0.25) is 0 Å². The molecule has 12 heteroatoms. The van der Waals surface area contributed by atoms with Gasteiger partial charge in [-0.25, -0.2) is 9.48 Å². The van der Waals surface area contributed by atoms with Crippen molar-refractivity contribution in [1.82, 2.24) is 25.7 Å². The van der Waals surface area contributed by atoms with Gasteiger partial charge in [0.15, 0.2) is 5.69 Å². The molecule has 1 aromatic heterocycles. The molecule has 1 aromatic carbocycles. The average Bonchev–Trinajstić information content (AvgIpc) is 3.28. The number of carbonyl (C=O) groups is 3. The first kappa shape index (κ1) is 28.0. The number of alkyl halides is 3. The van der Waals surface area contributed by atoms with Crippen LogP contribution in [0.4, 0.5) is 18.0 Å². The molecule has 2 aromatic rings. The quantitative estimate of drug-likeness (QED) is 0.478. The first-order valence-electron chi connectivity index (χ1n) is 12.1. The van der Waals surface area contributed by atoms with Crippen molar-refractivity contribution in [2.24, 2.45) is 5.92 Å². The summed E-state index contributed by atoms with van der Waals surface area (Å²) in [5.74, 6) is -1.37. The molecule has 1 aliphatic carbocycles. The van der Waals surface area contributed by atoms with E-state index in [1.165, 1.54) is 0 Å². The number of carbonyl (C=O) groups excluding carboxylic acids is 3. The summed E-state index contributed by atoms with van der Waals surface area (Å²) < 4.78 is 46.7. The van der Waals surface area contributed by atoms with Crippen LogP contribution in [0.15, 0.2) is 36.5 Å². The van der Waals surface area contributed by atoms with Gasteiger partial charge in [-0.1, -0.05) is 18.2 Å². The van der Waals surface area contributed by atoms with Crippen molar-refractivity contribution in [3.63, 3.8) is 0 Å². The fourth-order valence-electron chi connectivity index (χ4n) is 4.04. The number of amides is 3. The van der Waals surface area contributed by atoms with Gasteiger partial charge in [0, 0.05) is 31.2 Å². The second-order valence-electron chi connectivity index (χ2n) is 9.91. The fraction of sp³-hybridized carbons (Fsp3) is 0.520. The highest BCUT2D eigenvalue weighted by Crippen LogP contribution is 2.31. The standard InChI is InChI=1S/C25H32F3N5O4/c1-24(2,3)37-23(36)31-17-11-9-16(10-12-17)21(34)29-13-14-30-22(35)19-15-33(18-7-5-4-6-8-18)32-20(19)25(26,27)28/h4-8,15-17H,9-14H2,1-3H3,(H,29,34)(H,30,35)(H,31,36). The molecule has 0 aliphatic heterocycles. The Morgan fingerprint density at radius 3 is 2.22 bits per heavy atom. The van der Waals surface area contributed by atoms with Crippen LogP contribution in [0.5, 0.6) is 0 Å². The van der Waals surface area contributed by atoms with Crippen LogP contribution in [-0.2, 0) is 15.7 Å². The summed E-state index contributed by atoms with van der Waals surface area (Å²) in [5, 5.41) is 11.5. The second kappa shape index (κ2) is 11.7. The van der Waals surface area contributed by atoms with Crippen LogP contribution >= 0.6 is 0 Å². The van der Waals surface area contributed by atoms with Gasteiger partial charge in [0.2, 0.25) is 5.91 Å². The van der Waals surface area contributed by atoms with E-state index < -0.39 is 35.0 Å². The van der Waals surface area contributed by atoms with Crippen LogP contribution in [-0.4, -0.2) is 52.4 Å². The number of benzene rings is 1. The topological polar surface area (TPSA) is 114 Å². The smallest absolute Gasteiger partial charge is 0.435 e. The first-order valence-corrected chi connectivity index (χ1v) is 12.1. The summed E-state index contributed by atoms with van der Waals surface area (Å²) in [5.41, 5.74) is -2.09. The molecule has 0 unspecified atom stereocenters. The average molecular weight is 524 g/mol. The highest BCUT2D eigenvalue weighted by Gasteiger charge is 2.39. The maximum atomic E-state index is 13.5. The lowest BCUT2D eigenvalue weighted by atomic mass is 9.85. The minimum atomic E-state index is -4.81. The molecular weight excluding hydrogens is 491 g/mol. The van der Waals surface area contributed by atoms with Crippen molar-refractivity contribution < 1.29 is 32.3 Å². The molecular formula is C25H32F3N5O4. The van der Waals surface area contributed by atoms with E-state index in [2.05, 4.69) is 21.0 Å². The molecule has 1 heterocycles. The minimum Gasteiger partial charge on any atom is -0.444 e. The summed E-state index contributed by atoms with van der Waals surface area (Å²) in [6.07, 6.45) is -1.86. The number of rotatable bonds is 7. The van der Waals surface area contributed by atoms with Crippen LogP contribution < -0.4 is 16.0 Å². The minimum absolute atomic E-state index is 0.0477. The molecule has 9 nitrogen and oxygen atoms in total. The molecule has 37 heavy (non-hydrogen) atoms. The van der Waals surface area contributed by atoms with Gasteiger partial charge < -0.3 is 20.7 Å². The number of nitrogens with one attached hydrogen (secondary N) is 3. The number of nitrogens with zero attached hydrogens (tertiary/aromatic N) is 2. The maximum absolute atomic E-state index is 13.5. The Morgan fingerprint density at radius 1 is 1.00 bits per heavy atom. The predicted octanol–water partition coefficient (Wildman–Crippen LogP) is 3.82. The number of para-hydroxylation sites is 1. The number of ether oxygens (including phenoxy) is 1. The van der Waals surface area contributed by atoms with E-state index in [1.54, 1.807) is 51.1 Å². The Kier molecular flexibility index (Phi) is 8.82. The van der Waals surface area contributed by atoms with Gasteiger partial charge in [0.25, 0.3) is 5.91 Å². The van der Waals surface area contributed by atoms with Crippen molar-refractivity contribution in [3.05, 3.63) is 47.8 Å². The molecule has 0 spiro atoms. The van der Waals surface area contributed by atoms with Crippen molar-refractivity contribution in [2.45, 2.75) is 64.3 Å². The van der Waals surface area contributed by atoms with Crippen LogP contribution in [0.25, 0.3) is 5.69 Å². The number of aromatic nitrogens is 2. The zero-order valence-corrected chi connectivity index (χ0v) is 21.0. The zero-order valence-electron chi connectivity index (χ0n) is 21.0. The van der Waals surface area contributed by atoms with E-state index in [0.29, 0.717) is 31.4 Å². The van der Waals surface area contributed by atoms with Gasteiger partial charge in [-0.05, 0) is 58.6 Å². The molecule has 3 rings (SSSR count). The molecule has 0 saturated heterocycles. The van der Waals surface area contributed by atoms with E-state index in [4.69, 9.17) is 4.74 Å². The van der Waals surface area contributed by atoms with Gasteiger partial charge in [-0.2, -0.15) is 18.3 Å². The molecule has 0 bridgehead atoms. The van der Waals surface area contributed by atoms with Crippen molar-refractivity contribution in [3.8, 4) is 5.69 Å². The fourth-order valence-corrected chi connectivity index (χ4v) is 4.04. The Labute approximate surface area is 213 Å². The van der Waals surface area contributed by atoms with Gasteiger partial charge in [0.1, 0.15) is 5.60 Å². The van der Waals surface area contributed by atoms with E-state index >= 15 is 0 Å². The molecule has 3 amide bonds. The number of halogens is 3. The van der Waals surface area contributed by atoms with Crippen LogP contribution in [0, 0.1) is 5.92 Å². The molecule has 1 saturated carbocycles. The van der Waals surface area contributed by atoms with Gasteiger partial charge in [0.05, 0.1) is 11.3 Å². The Morgan fingerprint density at radius 2 is 1.62 bits per heavy atom. The van der Waals surface area contributed by atoms with Gasteiger partial charge >= 0.3 is 12.3 Å². The third-order valence-corrected chi connectivity index (χ3v) is 5.78. The highest BCUT2D eigenvalue weighted by atomic mass is 19.4. The number of alkyl carbamates (subject to hydrolysis) is 1. The van der Waals surface area contributed by atoms with E-state index in [9.17, 15) is 27.6 Å². The van der Waals surface area contributed by atoms with Crippen molar-refractivity contribution >= 4 is 17.9 Å². The third kappa shape index (κ3) is 8.22. The van der Waals surface area contributed by atoms with Gasteiger partial charge in [-0.3, -0.25) is 9.59 Å². The maximum Gasteiger partial charge on any atom is 0.435 e. The molecule has 202 valence electrons. The Balaban J connectivity index is 1.45. The Bertz CT molecular complexity index is 1090. The molecule has 0 radical (unpaired) electrons. The summed E-state index contributed by atoms with van der Waals surface area (Å²) in [4.78, 5) is 36.9. The third-order valence-electron chi connectivity index (χ3n) is 5.78. The lowest BCUT2D eigenvalue weighted by Crippen LogP contribution is -2.43. The monoisotopic (exact) mass is 523 g/mol. The second-order valence-corrected chi connectivity index (χ2v) is 9.91. The van der Waals surface area contributed by atoms with Gasteiger partial charge in [-0.15, -0.1) is 0 Å². The molecule has 1 aliphatic rings. The largest absolute Gasteiger partial charge is 0.444 e. The lowest BCUT2D eigenvalue weighted by molar-refractivity contribution is -0.141. The van der Waals surface area contributed by atoms with E-state index in [-0.39, 0.29) is 31.0 Å². The highest BCUT2D eigenvalue weighted by molar-refractivity contribution is 5.95. The van der Waals surface area contributed by atoms with Crippen LogP contribution in [0.3, 0.4) is 0 Å². The van der Waals surface area contributed by atoms with E-state index in [0.717, 1.165) is 10.9 Å². The van der Waals surface area contributed by atoms with Crippen molar-refractivity contribution in [1.29, 1.82) is 0 Å². The Hall–Kier alpha value is -3.57. The normalized spacial score (nSPS) is 18.1. The van der Waals surface area contributed by atoms with Crippen LogP contribution in [0.1, 0.15) is 62.5 Å². The van der Waals surface area contributed by atoms with E-state index in [1.807, 2.05) is 0 Å². The predicted molar refractivity (Wildman–Crippen MR) is 129 cm³/mol. The molecule has 3 N–H and O–H groups in total.